The van der Waals surface area contributed by atoms with Crippen LogP contribution in [0.2, 0.25) is 0 Å². The van der Waals surface area contributed by atoms with Crippen LogP contribution in [0.25, 0.3) is 11.3 Å². The molecule has 2 aromatic carbocycles. The minimum absolute atomic E-state index is 0.0329. The lowest BCUT2D eigenvalue weighted by atomic mass is 9.96. The SMILES string of the molecule is O=C(Nc1ccc(-c2cn3c(n2)CCCC3)cc1)C1CCCN(C(=O)CCOc2ccccc2)C1. The maximum Gasteiger partial charge on any atom is 0.229 e. The molecule has 0 aliphatic carbocycles. The molecule has 35 heavy (non-hydrogen) atoms. The summed E-state index contributed by atoms with van der Waals surface area (Å²) in [6, 6.07) is 17.4. The predicted octanol–water partition coefficient (Wildman–Crippen LogP) is 4.53. The van der Waals surface area contributed by atoms with E-state index < -0.39 is 0 Å². The van der Waals surface area contributed by atoms with Crippen molar-refractivity contribution in [1.82, 2.24) is 14.5 Å². The predicted molar refractivity (Wildman–Crippen MR) is 135 cm³/mol. The highest BCUT2D eigenvalue weighted by Gasteiger charge is 2.28. The van der Waals surface area contributed by atoms with E-state index in [1.165, 1.54) is 12.8 Å². The molecule has 1 unspecified atom stereocenters. The van der Waals surface area contributed by atoms with Gasteiger partial charge in [-0.1, -0.05) is 30.3 Å². The Morgan fingerprint density at radius 3 is 2.63 bits per heavy atom. The molecule has 0 spiro atoms. The number of ether oxygens (including phenoxy) is 1. The van der Waals surface area contributed by atoms with Crippen molar-refractivity contribution in [2.75, 3.05) is 25.0 Å². The van der Waals surface area contributed by atoms with Crippen LogP contribution < -0.4 is 10.1 Å². The van der Waals surface area contributed by atoms with Gasteiger partial charge in [0.15, 0.2) is 0 Å². The molecule has 3 heterocycles. The van der Waals surface area contributed by atoms with Gasteiger partial charge >= 0.3 is 0 Å². The van der Waals surface area contributed by atoms with Gasteiger partial charge < -0.3 is 19.5 Å². The minimum atomic E-state index is -0.206. The molecule has 2 amide bonds. The van der Waals surface area contributed by atoms with Gasteiger partial charge in [0, 0.05) is 43.5 Å². The standard InChI is InChI=1S/C28H32N4O3/c33-27(15-18-35-24-8-2-1-3-9-24)32-17-6-7-22(19-32)28(34)29-23-13-11-21(12-14-23)25-20-31-16-5-4-10-26(31)30-25/h1-3,8-9,11-14,20,22H,4-7,10,15-19H2,(H,29,34). The third-order valence-electron chi connectivity index (χ3n) is 6.83. The summed E-state index contributed by atoms with van der Waals surface area (Å²) in [5.41, 5.74) is 2.80. The van der Waals surface area contributed by atoms with Crippen LogP contribution >= 0.6 is 0 Å². The molecule has 5 rings (SSSR count). The van der Waals surface area contributed by atoms with Gasteiger partial charge in [-0.05, 0) is 49.9 Å². The number of nitrogens with one attached hydrogen (secondary N) is 1. The van der Waals surface area contributed by atoms with E-state index in [4.69, 9.17) is 9.72 Å². The van der Waals surface area contributed by atoms with E-state index in [1.807, 2.05) is 54.6 Å². The first-order valence-electron chi connectivity index (χ1n) is 12.6. The fraction of sp³-hybridized carbons (Fsp3) is 0.393. The lowest BCUT2D eigenvalue weighted by Crippen LogP contribution is -2.44. The molecule has 3 aromatic rings. The first-order chi connectivity index (χ1) is 17.2. The summed E-state index contributed by atoms with van der Waals surface area (Å²) in [5.74, 6) is 1.71. The number of benzene rings is 2. The zero-order valence-electron chi connectivity index (χ0n) is 20.0. The number of carbonyl (C=O) groups excluding carboxylic acids is 2. The average Bonchev–Trinajstić information content (AvgIpc) is 3.34. The summed E-state index contributed by atoms with van der Waals surface area (Å²) in [6.07, 6.45) is 7.49. The Hall–Kier alpha value is -3.61. The quantitative estimate of drug-likeness (QED) is 0.548. The number of hydrogen-bond donors (Lipinski definition) is 1. The molecule has 182 valence electrons. The largest absolute Gasteiger partial charge is 0.493 e. The van der Waals surface area contributed by atoms with E-state index in [-0.39, 0.29) is 17.7 Å². The number of nitrogens with zero attached hydrogens (tertiary/aromatic N) is 3. The molecule has 1 saturated heterocycles. The van der Waals surface area contributed by atoms with Crippen LogP contribution in [-0.2, 0) is 22.6 Å². The lowest BCUT2D eigenvalue weighted by molar-refractivity contribution is -0.135. The normalized spacial score (nSPS) is 17.5. The van der Waals surface area contributed by atoms with Crippen molar-refractivity contribution in [2.24, 2.45) is 5.92 Å². The molecule has 2 aliphatic heterocycles. The second kappa shape index (κ2) is 10.8. The first kappa shape index (κ1) is 23.1. The Labute approximate surface area is 206 Å². The van der Waals surface area contributed by atoms with Gasteiger partial charge in [-0.25, -0.2) is 4.98 Å². The molecule has 1 N–H and O–H groups in total. The van der Waals surface area contributed by atoms with Gasteiger partial charge in [0.2, 0.25) is 11.8 Å². The van der Waals surface area contributed by atoms with Crippen molar-refractivity contribution in [3.05, 3.63) is 66.6 Å². The first-order valence-corrected chi connectivity index (χ1v) is 12.6. The maximum absolute atomic E-state index is 12.9. The maximum atomic E-state index is 12.9. The molecular weight excluding hydrogens is 440 g/mol. The van der Waals surface area contributed by atoms with E-state index in [0.717, 1.165) is 54.3 Å². The number of hydrogen-bond acceptors (Lipinski definition) is 4. The minimum Gasteiger partial charge on any atom is -0.493 e. The second-order valence-corrected chi connectivity index (χ2v) is 9.35. The number of aromatic nitrogens is 2. The molecule has 0 radical (unpaired) electrons. The summed E-state index contributed by atoms with van der Waals surface area (Å²) in [7, 11) is 0. The number of amides is 2. The van der Waals surface area contributed by atoms with Crippen LogP contribution in [0.15, 0.2) is 60.8 Å². The number of likely N-dealkylation sites (tertiary alicyclic amines) is 1. The lowest BCUT2D eigenvalue weighted by Gasteiger charge is -2.32. The van der Waals surface area contributed by atoms with E-state index in [0.29, 0.717) is 26.1 Å². The van der Waals surface area contributed by atoms with Crippen molar-refractivity contribution in [3.8, 4) is 17.0 Å². The summed E-state index contributed by atoms with van der Waals surface area (Å²) >= 11 is 0. The molecule has 0 bridgehead atoms. The molecule has 0 saturated carbocycles. The molecular formula is C28H32N4O3. The van der Waals surface area contributed by atoms with Gasteiger partial charge in [0.1, 0.15) is 11.6 Å². The third kappa shape index (κ3) is 5.73. The topological polar surface area (TPSA) is 76.5 Å². The number of piperidine rings is 1. The highest BCUT2D eigenvalue weighted by Crippen LogP contribution is 2.25. The zero-order valence-corrected chi connectivity index (χ0v) is 20.0. The smallest absolute Gasteiger partial charge is 0.229 e. The van der Waals surface area contributed by atoms with Crippen molar-refractivity contribution in [1.29, 1.82) is 0 Å². The Morgan fingerprint density at radius 2 is 1.83 bits per heavy atom. The Bertz CT molecular complexity index is 1130. The Kier molecular flexibility index (Phi) is 7.12. The van der Waals surface area contributed by atoms with Crippen LogP contribution in [0.4, 0.5) is 5.69 Å². The fourth-order valence-corrected chi connectivity index (χ4v) is 4.87. The molecule has 1 atom stereocenters. The van der Waals surface area contributed by atoms with Crippen LogP contribution in [0.3, 0.4) is 0 Å². The number of aryl methyl sites for hydroxylation is 2. The van der Waals surface area contributed by atoms with Gasteiger partial charge in [-0.15, -0.1) is 0 Å². The molecule has 1 fully saturated rings. The van der Waals surface area contributed by atoms with Gasteiger partial charge in [0.25, 0.3) is 0 Å². The van der Waals surface area contributed by atoms with Gasteiger partial charge in [-0.3, -0.25) is 9.59 Å². The number of fused-ring (bicyclic) bond motifs is 1. The zero-order chi connectivity index (χ0) is 24.0. The monoisotopic (exact) mass is 472 g/mol. The van der Waals surface area contributed by atoms with Crippen LogP contribution in [0, 0.1) is 5.92 Å². The number of carbonyl (C=O) groups is 2. The van der Waals surface area contributed by atoms with Crippen molar-refractivity contribution in [2.45, 2.75) is 45.1 Å². The average molecular weight is 473 g/mol. The summed E-state index contributed by atoms with van der Waals surface area (Å²) in [5, 5.41) is 3.04. The number of para-hydroxylation sites is 1. The fourth-order valence-electron chi connectivity index (χ4n) is 4.87. The van der Waals surface area contributed by atoms with Gasteiger partial charge in [-0.2, -0.15) is 0 Å². The van der Waals surface area contributed by atoms with E-state index in [9.17, 15) is 9.59 Å². The van der Waals surface area contributed by atoms with Crippen LogP contribution in [0.1, 0.15) is 37.9 Å². The number of imidazole rings is 1. The summed E-state index contributed by atoms with van der Waals surface area (Å²) < 4.78 is 7.90. The van der Waals surface area contributed by atoms with E-state index >= 15 is 0 Å². The van der Waals surface area contributed by atoms with Crippen LogP contribution in [-0.4, -0.2) is 46.0 Å². The second-order valence-electron chi connectivity index (χ2n) is 9.35. The summed E-state index contributed by atoms with van der Waals surface area (Å²) in [6.45, 7) is 2.52. The van der Waals surface area contributed by atoms with Crippen LogP contribution in [0.5, 0.6) is 5.75 Å². The third-order valence-corrected chi connectivity index (χ3v) is 6.83. The van der Waals surface area contributed by atoms with Crippen molar-refractivity contribution < 1.29 is 14.3 Å². The number of rotatable bonds is 7. The molecule has 2 aliphatic rings. The molecule has 1 aromatic heterocycles. The number of anilines is 1. The highest BCUT2D eigenvalue weighted by atomic mass is 16.5. The van der Waals surface area contributed by atoms with E-state index in [1.54, 1.807) is 4.90 Å². The molecule has 7 heteroatoms. The Morgan fingerprint density at radius 1 is 1.00 bits per heavy atom. The summed E-state index contributed by atoms with van der Waals surface area (Å²) in [4.78, 5) is 32.2. The van der Waals surface area contributed by atoms with Gasteiger partial charge in [0.05, 0.1) is 24.6 Å². The molecule has 7 nitrogen and oxygen atoms in total. The van der Waals surface area contributed by atoms with Crippen molar-refractivity contribution >= 4 is 17.5 Å². The van der Waals surface area contributed by atoms with E-state index in [2.05, 4.69) is 16.1 Å². The highest BCUT2D eigenvalue weighted by molar-refractivity contribution is 5.93. The van der Waals surface area contributed by atoms with Crippen molar-refractivity contribution in [3.63, 3.8) is 0 Å². The Balaban J connectivity index is 1.12.